The van der Waals surface area contributed by atoms with Crippen LogP contribution in [0.3, 0.4) is 0 Å². The predicted molar refractivity (Wildman–Crippen MR) is 97.8 cm³/mol. The van der Waals surface area contributed by atoms with Crippen molar-refractivity contribution in [1.82, 2.24) is 19.4 Å². The molecule has 4 rings (SSSR count). The van der Waals surface area contributed by atoms with E-state index in [4.69, 9.17) is 5.73 Å². The Balaban J connectivity index is 1.50. The van der Waals surface area contributed by atoms with Gasteiger partial charge in [-0.2, -0.15) is 0 Å². The minimum atomic E-state index is -0.520. The van der Waals surface area contributed by atoms with Gasteiger partial charge in [0.1, 0.15) is 11.5 Å². The highest BCUT2D eigenvalue weighted by molar-refractivity contribution is 5.91. The van der Waals surface area contributed by atoms with Gasteiger partial charge in [-0.05, 0) is 18.6 Å². The van der Waals surface area contributed by atoms with Crippen LogP contribution in [0.4, 0.5) is 0 Å². The van der Waals surface area contributed by atoms with Crippen LogP contribution in [-0.2, 0) is 24.2 Å². The number of hydrogen-bond acceptors (Lipinski definition) is 3. The first-order valence-corrected chi connectivity index (χ1v) is 8.72. The third-order valence-electron chi connectivity index (χ3n) is 5.04. The van der Waals surface area contributed by atoms with Crippen molar-refractivity contribution in [2.45, 2.75) is 26.3 Å². The number of primary amides is 1. The lowest BCUT2D eigenvalue weighted by Gasteiger charge is -2.20. The average Bonchev–Trinajstić information content (AvgIpc) is 3.10. The lowest BCUT2D eigenvalue weighted by molar-refractivity contribution is -0.130. The molecule has 3 aromatic rings. The number of H-pyrrole nitrogens is 1. The lowest BCUT2D eigenvalue weighted by Crippen LogP contribution is -2.35. The first-order chi connectivity index (χ1) is 12.5. The number of amides is 2. The highest BCUT2D eigenvalue weighted by Crippen LogP contribution is 2.23. The molecular formula is C19H21N5O2. The Bertz CT molecular complexity index is 975. The molecule has 0 spiro atoms. The number of aromatic nitrogens is 3. The van der Waals surface area contributed by atoms with Crippen molar-refractivity contribution < 1.29 is 9.59 Å². The van der Waals surface area contributed by atoms with Gasteiger partial charge >= 0.3 is 0 Å². The molecule has 0 fully saturated rings. The van der Waals surface area contributed by atoms with Crippen molar-refractivity contribution >= 4 is 22.7 Å². The van der Waals surface area contributed by atoms with E-state index < -0.39 is 5.91 Å². The quantitative estimate of drug-likeness (QED) is 0.746. The summed E-state index contributed by atoms with van der Waals surface area (Å²) in [4.78, 5) is 33.6. The first-order valence-electron chi connectivity index (χ1n) is 8.72. The van der Waals surface area contributed by atoms with Crippen molar-refractivity contribution in [3.8, 4) is 0 Å². The number of rotatable bonds is 3. The molecule has 3 heterocycles. The number of aryl methyl sites for hydroxylation is 1. The number of nitrogens with one attached hydrogen (secondary N) is 1. The van der Waals surface area contributed by atoms with Gasteiger partial charge < -0.3 is 20.2 Å². The minimum absolute atomic E-state index is 0.110. The second-order valence-electron chi connectivity index (χ2n) is 6.68. The van der Waals surface area contributed by atoms with E-state index in [1.807, 2.05) is 40.7 Å². The summed E-state index contributed by atoms with van der Waals surface area (Å²) < 4.78 is 1.92. The fourth-order valence-electron chi connectivity index (χ4n) is 3.62. The molecule has 0 aliphatic carbocycles. The summed E-state index contributed by atoms with van der Waals surface area (Å²) in [6, 6.07) is 8.05. The Morgan fingerprint density at radius 2 is 2.04 bits per heavy atom. The molecule has 0 bridgehead atoms. The van der Waals surface area contributed by atoms with Gasteiger partial charge in [0.2, 0.25) is 5.91 Å². The third kappa shape index (κ3) is 2.85. The Morgan fingerprint density at radius 1 is 1.23 bits per heavy atom. The second-order valence-corrected chi connectivity index (χ2v) is 6.68. The standard InChI is InChI=1S/C19H21N5O2/c1-12-14(13-4-2-3-5-15(13)21-12)10-18(25)23-7-6-17-22-16(19(20)26)11-24(17)9-8-23/h2-5,11,21H,6-10H2,1H3,(H2,20,26). The molecule has 134 valence electrons. The van der Waals surface area contributed by atoms with Crippen LogP contribution < -0.4 is 5.73 Å². The number of benzene rings is 1. The maximum Gasteiger partial charge on any atom is 0.268 e. The van der Waals surface area contributed by atoms with Crippen LogP contribution in [0.1, 0.15) is 27.6 Å². The summed E-state index contributed by atoms with van der Waals surface area (Å²) in [6.45, 7) is 3.82. The summed E-state index contributed by atoms with van der Waals surface area (Å²) in [5.41, 5.74) is 8.73. The number of fused-ring (bicyclic) bond motifs is 2. The maximum absolute atomic E-state index is 12.9. The molecule has 1 aliphatic rings. The highest BCUT2D eigenvalue weighted by atomic mass is 16.2. The van der Waals surface area contributed by atoms with Gasteiger partial charge in [-0.3, -0.25) is 9.59 Å². The number of imidazole rings is 1. The van der Waals surface area contributed by atoms with E-state index in [9.17, 15) is 9.59 Å². The number of nitrogens with zero attached hydrogens (tertiary/aromatic N) is 3. The number of nitrogens with two attached hydrogens (primary N) is 1. The molecular weight excluding hydrogens is 330 g/mol. The molecule has 7 nitrogen and oxygen atoms in total. The summed E-state index contributed by atoms with van der Waals surface area (Å²) in [5.74, 6) is 0.393. The van der Waals surface area contributed by atoms with Gasteiger partial charge in [0.05, 0.1) is 6.42 Å². The van der Waals surface area contributed by atoms with Crippen LogP contribution in [-0.4, -0.2) is 44.3 Å². The average molecular weight is 351 g/mol. The Morgan fingerprint density at radius 3 is 2.85 bits per heavy atom. The molecule has 0 unspecified atom stereocenters. The Labute approximate surface area is 150 Å². The molecule has 1 aliphatic heterocycles. The van der Waals surface area contributed by atoms with Crippen LogP contribution in [0.5, 0.6) is 0 Å². The molecule has 26 heavy (non-hydrogen) atoms. The van der Waals surface area contributed by atoms with Crippen LogP contribution in [0.2, 0.25) is 0 Å². The van der Waals surface area contributed by atoms with E-state index in [2.05, 4.69) is 9.97 Å². The van der Waals surface area contributed by atoms with Crippen LogP contribution in [0.25, 0.3) is 10.9 Å². The topological polar surface area (TPSA) is 97.0 Å². The number of para-hydroxylation sites is 1. The number of carbonyl (C=O) groups excluding carboxylic acids is 2. The monoisotopic (exact) mass is 351 g/mol. The molecule has 2 aromatic heterocycles. The van der Waals surface area contributed by atoms with E-state index in [0.717, 1.165) is 28.0 Å². The fourth-order valence-corrected chi connectivity index (χ4v) is 3.62. The van der Waals surface area contributed by atoms with E-state index in [0.29, 0.717) is 32.5 Å². The Kier molecular flexibility index (Phi) is 3.99. The smallest absolute Gasteiger partial charge is 0.268 e. The normalized spacial score (nSPS) is 14.3. The van der Waals surface area contributed by atoms with Crippen molar-refractivity contribution in [3.05, 3.63) is 53.2 Å². The lowest BCUT2D eigenvalue weighted by atomic mass is 10.1. The predicted octanol–water partition coefficient (Wildman–Crippen LogP) is 1.40. The van der Waals surface area contributed by atoms with Crippen LogP contribution >= 0.6 is 0 Å². The third-order valence-corrected chi connectivity index (χ3v) is 5.04. The highest BCUT2D eigenvalue weighted by Gasteiger charge is 2.22. The van der Waals surface area contributed by atoms with E-state index in [-0.39, 0.29) is 11.6 Å². The zero-order valence-corrected chi connectivity index (χ0v) is 14.7. The summed E-state index contributed by atoms with van der Waals surface area (Å²) in [5, 5.41) is 1.10. The maximum atomic E-state index is 12.9. The van der Waals surface area contributed by atoms with E-state index >= 15 is 0 Å². The summed E-state index contributed by atoms with van der Waals surface area (Å²) >= 11 is 0. The largest absolute Gasteiger partial charge is 0.364 e. The van der Waals surface area contributed by atoms with Gasteiger partial charge in [-0.25, -0.2) is 4.98 Å². The van der Waals surface area contributed by atoms with E-state index in [1.54, 1.807) is 6.20 Å². The molecule has 0 atom stereocenters. The molecule has 7 heteroatoms. The van der Waals surface area contributed by atoms with Gasteiger partial charge in [0.25, 0.3) is 5.91 Å². The summed E-state index contributed by atoms with van der Waals surface area (Å²) in [6.07, 6.45) is 2.67. The SMILES string of the molecule is Cc1[nH]c2ccccc2c1CC(=O)N1CCc2nc(C(N)=O)cn2CC1. The zero-order chi connectivity index (χ0) is 18.3. The molecule has 0 saturated carbocycles. The molecule has 0 radical (unpaired) electrons. The van der Waals surface area contributed by atoms with Crippen molar-refractivity contribution in [2.24, 2.45) is 5.73 Å². The second kappa shape index (κ2) is 6.33. The van der Waals surface area contributed by atoms with Gasteiger partial charge in [0, 0.05) is 48.8 Å². The van der Waals surface area contributed by atoms with E-state index in [1.165, 1.54) is 0 Å². The molecule has 1 aromatic carbocycles. The van der Waals surface area contributed by atoms with Crippen molar-refractivity contribution in [2.75, 3.05) is 13.1 Å². The number of carbonyl (C=O) groups is 2. The Hall–Kier alpha value is -3.09. The van der Waals surface area contributed by atoms with Crippen LogP contribution in [0, 0.1) is 6.92 Å². The molecule has 0 saturated heterocycles. The van der Waals surface area contributed by atoms with Gasteiger partial charge in [-0.15, -0.1) is 0 Å². The number of hydrogen-bond donors (Lipinski definition) is 2. The van der Waals surface area contributed by atoms with Crippen molar-refractivity contribution in [3.63, 3.8) is 0 Å². The van der Waals surface area contributed by atoms with Gasteiger partial charge in [0.15, 0.2) is 0 Å². The van der Waals surface area contributed by atoms with Crippen molar-refractivity contribution in [1.29, 1.82) is 0 Å². The molecule has 3 N–H and O–H groups in total. The van der Waals surface area contributed by atoms with Gasteiger partial charge in [-0.1, -0.05) is 18.2 Å². The first kappa shape index (κ1) is 16.4. The number of aromatic amines is 1. The molecule has 2 amide bonds. The zero-order valence-electron chi connectivity index (χ0n) is 14.7. The minimum Gasteiger partial charge on any atom is -0.364 e. The van der Waals surface area contributed by atoms with Crippen LogP contribution in [0.15, 0.2) is 30.5 Å². The fraction of sp³-hybridized carbons (Fsp3) is 0.316. The summed E-state index contributed by atoms with van der Waals surface area (Å²) in [7, 11) is 0.